The molecule has 0 aliphatic rings. The number of nitrogens with zero attached hydrogens (tertiary/aromatic N) is 2. The molecule has 6 nitrogen and oxygen atoms in total. The summed E-state index contributed by atoms with van der Waals surface area (Å²) < 4.78 is 22.4. The number of alkyl halides is 1. The van der Waals surface area contributed by atoms with Crippen molar-refractivity contribution in [3.63, 3.8) is 0 Å². The zero-order valence-electron chi connectivity index (χ0n) is 8.05. The van der Waals surface area contributed by atoms with Crippen LogP contribution < -0.4 is 0 Å². The third-order valence-electron chi connectivity index (χ3n) is 1.90. The van der Waals surface area contributed by atoms with E-state index in [1.807, 2.05) is 0 Å². The molecule has 0 atom stereocenters. The molecule has 0 unspecified atom stereocenters. The van der Waals surface area contributed by atoms with Crippen LogP contribution in [0, 0.1) is 21.4 Å². The second-order valence-electron chi connectivity index (χ2n) is 2.92. The van der Waals surface area contributed by atoms with Gasteiger partial charge < -0.3 is 0 Å². The standard InChI is InChI=1S/C8H4Cl2N2O4S/c9-3-5-1-6(12(13)14)2-8(7(5)4-11)17(10,15)16/h1-2H,3H2. The first kappa shape index (κ1) is 13.7. The highest BCUT2D eigenvalue weighted by molar-refractivity contribution is 8.13. The number of nitro benzene ring substituents is 1. The molecule has 0 aromatic heterocycles. The predicted octanol–water partition coefficient (Wildman–Crippen LogP) is 2.13. The molecule has 0 heterocycles. The molecule has 17 heavy (non-hydrogen) atoms. The van der Waals surface area contributed by atoms with Crippen LogP contribution in [0.1, 0.15) is 11.1 Å². The fraction of sp³-hybridized carbons (Fsp3) is 0.125. The minimum absolute atomic E-state index is 0.0441. The van der Waals surface area contributed by atoms with Crippen molar-refractivity contribution in [2.75, 3.05) is 0 Å². The molecule has 0 spiro atoms. The van der Waals surface area contributed by atoms with Crippen molar-refractivity contribution in [2.24, 2.45) is 0 Å². The Hall–Kier alpha value is -1.36. The normalized spacial score (nSPS) is 10.9. The fourth-order valence-corrected chi connectivity index (χ4v) is 2.45. The molecule has 0 N–H and O–H groups in total. The largest absolute Gasteiger partial charge is 0.271 e. The number of nitriles is 1. The molecule has 0 saturated carbocycles. The average Bonchev–Trinajstić information content (AvgIpc) is 2.25. The summed E-state index contributed by atoms with van der Waals surface area (Å²) in [4.78, 5) is 9.20. The van der Waals surface area contributed by atoms with Crippen molar-refractivity contribution in [3.05, 3.63) is 33.4 Å². The molecule has 90 valence electrons. The highest BCUT2D eigenvalue weighted by Gasteiger charge is 2.23. The van der Waals surface area contributed by atoms with Crippen LogP contribution in [0.5, 0.6) is 0 Å². The van der Waals surface area contributed by atoms with E-state index in [2.05, 4.69) is 0 Å². The van der Waals surface area contributed by atoms with Gasteiger partial charge in [-0.15, -0.1) is 11.6 Å². The van der Waals surface area contributed by atoms with E-state index in [1.165, 1.54) is 0 Å². The maximum absolute atomic E-state index is 11.2. The SMILES string of the molecule is N#Cc1c(CCl)cc([N+](=O)[O-])cc1S(=O)(=O)Cl. The summed E-state index contributed by atoms with van der Waals surface area (Å²) in [6, 6.07) is 3.39. The molecule has 0 saturated heterocycles. The second kappa shape index (κ2) is 4.87. The van der Waals surface area contributed by atoms with Crippen molar-refractivity contribution in [1.82, 2.24) is 0 Å². The molecule has 0 bridgehead atoms. The Morgan fingerprint density at radius 3 is 2.41 bits per heavy atom. The first-order chi connectivity index (χ1) is 7.81. The number of benzene rings is 1. The maximum Gasteiger partial charge on any atom is 0.271 e. The molecular weight excluding hydrogens is 291 g/mol. The van der Waals surface area contributed by atoms with E-state index in [0.717, 1.165) is 12.1 Å². The van der Waals surface area contributed by atoms with Gasteiger partial charge in [0.1, 0.15) is 11.0 Å². The molecule has 0 radical (unpaired) electrons. The summed E-state index contributed by atoms with van der Waals surface area (Å²) in [5.41, 5.74) is -0.720. The van der Waals surface area contributed by atoms with E-state index in [1.54, 1.807) is 6.07 Å². The van der Waals surface area contributed by atoms with Crippen molar-refractivity contribution in [2.45, 2.75) is 10.8 Å². The lowest BCUT2D eigenvalue weighted by Gasteiger charge is -2.04. The van der Waals surface area contributed by atoms with Gasteiger partial charge in [-0.25, -0.2) is 8.42 Å². The number of non-ortho nitro benzene ring substituents is 1. The second-order valence-corrected chi connectivity index (χ2v) is 5.72. The summed E-state index contributed by atoms with van der Waals surface area (Å²) in [6.45, 7) is 0. The van der Waals surface area contributed by atoms with E-state index < -0.39 is 24.6 Å². The van der Waals surface area contributed by atoms with E-state index in [4.69, 9.17) is 27.5 Å². The Kier molecular flexibility index (Phi) is 3.93. The van der Waals surface area contributed by atoms with E-state index in [-0.39, 0.29) is 17.0 Å². The fourth-order valence-electron chi connectivity index (χ4n) is 1.19. The van der Waals surface area contributed by atoms with Crippen molar-refractivity contribution >= 4 is 37.0 Å². The van der Waals surface area contributed by atoms with Gasteiger partial charge in [-0.1, -0.05) is 0 Å². The van der Waals surface area contributed by atoms with Crippen molar-refractivity contribution in [3.8, 4) is 6.07 Å². The molecule has 0 fully saturated rings. The van der Waals surface area contributed by atoms with Gasteiger partial charge in [-0.2, -0.15) is 5.26 Å². The predicted molar refractivity (Wildman–Crippen MR) is 60.4 cm³/mol. The van der Waals surface area contributed by atoms with Crippen LogP contribution in [-0.4, -0.2) is 13.3 Å². The number of hydrogen-bond acceptors (Lipinski definition) is 5. The third kappa shape index (κ3) is 2.85. The number of hydrogen-bond donors (Lipinski definition) is 0. The summed E-state index contributed by atoms with van der Waals surface area (Å²) >= 11 is 5.50. The third-order valence-corrected chi connectivity index (χ3v) is 3.53. The van der Waals surface area contributed by atoms with Crippen LogP contribution in [0.4, 0.5) is 5.69 Å². The van der Waals surface area contributed by atoms with E-state index in [9.17, 15) is 18.5 Å². The van der Waals surface area contributed by atoms with Crippen LogP contribution in [0.25, 0.3) is 0 Å². The number of halogens is 2. The highest BCUT2D eigenvalue weighted by atomic mass is 35.7. The summed E-state index contributed by atoms with van der Waals surface area (Å²) in [7, 11) is 0.856. The molecule has 1 aromatic carbocycles. The van der Waals surface area contributed by atoms with Gasteiger partial charge in [0.25, 0.3) is 14.7 Å². The van der Waals surface area contributed by atoms with Crippen molar-refractivity contribution in [1.29, 1.82) is 5.26 Å². The van der Waals surface area contributed by atoms with Gasteiger partial charge >= 0.3 is 0 Å². The zero-order chi connectivity index (χ0) is 13.2. The van der Waals surface area contributed by atoms with Crippen LogP contribution in [0.2, 0.25) is 0 Å². The van der Waals surface area contributed by atoms with Gasteiger partial charge in [0.05, 0.1) is 10.5 Å². The van der Waals surface area contributed by atoms with Gasteiger partial charge in [0, 0.05) is 28.7 Å². The van der Waals surface area contributed by atoms with Gasteiger partial charge in [0.2, 0.25) is 0 Å². The molecule has 1 rings (SSSR count). The summed E-state index contributed by atoms with van der Waals surface area (Å²) in [6.07, 6.45) is 0. The first-order valence-electron chi connectivity index (χ1n) is 4.03. The van der Waals surface area contributed by atoms with Crippen LogP contribution >= 0.6 is 22.3 Å². The number of rotatable bonds is 3. The minimum atomic E-state index is -4.25. The molecular formula is C8H4Cl2N2O4S. The summed E-state index contributed by atoms with van der Waals surface area (Å²) in [5, 5.41) is 19.4. The van der Waals surface area contributed by atoms with Gasteiger partial charge in [0.15, 0.2) is 0 Å². The Balaban J connectivity index is 3.74. The molecule has 1 aromatic rings. The lowest BCUT2D eigenvalue weighted by molar-refractivity contribution is -0.385. The lowest BCUT2D eigenvalue weighted by atomic mass is 10.1. The smallest absolute Gasteiger partial charge is 0.258 e. The van der Waals surface area contributed by atoms with Crippen LogP contribution in [-0.2, 0) is 14.9 Å². The van der Waals surface area contributed by atoms with E-state index in [0.29, 0.717) is 0 Å². The van der Waals surface area contributed by atoms with Crippen LogP contribution in [0.3, 0.4) is 0 Å². The molecule has 0 aliphatic heterocycles. The lowest BCUT2D eigenvalue weighted by Crippen LogP contribution is -2.01. The van der Waals surface area contributed by atoms with E-state index >= 15 is 0 Å². The quantitative estimate of drug-likeness (QED) is 0.368. The molecule has 0 amide bonds. The monoisotopic (exact) mass is 294 g/mol. The maximum atomic E-state index is 11.2. The van der Waals surface area contributed by atoms with Crippen LogP contribution in [0.15, 0.2) is 17.0 Å². The Labute approximate surface area is 106 Å². The molecule has 9 heteroatoms. The van der Waals surface area contributed by atoms with Gasteiger partial charge in [-0.05, 0) is 5.56 Å². The topological polar surface area (TPSA) is 101 Å². The minimum Gasteiger partial charge on any atom is -0.258 e. The number of nitro groups is 1. The average molecular weight is 295 g/mol. The highest BCUT2D eigenvalue weighted by Crippen LogP contribution is 2.29. The Morgan fingerprint density at radius 1 is 1.47 bits per heavy atom. The van der Waals surface area contributed by atoms with Crippen molar-refractivity contribution < 1.29 is 13.3 Å². The summed E-state index contributed by atoms with van der Waals surface area (Å²) in [5.74, 6) is -0.232. The Bertz CT molecular complexity index is 621. The zero-order valence-corrected chi connectivity index (χ0v) is 10.4. The first-order valence-corrected chi connectivity index (χ1v) is 6.87. The Morgan fingerprint density at radius 2 is 2.06 bits per heavy atom. The van der Waals surface area contributed by atoms with Gasteiger partial charge in [-0.3, -0.25) is 10.1 Å². The molecule has 0 aliphatic carbocycles.